The molecule has 0 unspecified atom stereocenters. The van der Waals surface area contributed by atoms with Gasteiger partial charge in [0.1, 0.15) is 5.76 Å². The average Bonchev–Trinajstić information content (AvgIpc) is 2.86. The van der Waals surface area contributed by atoms with Gasteiger partial charge < -0.3 is 4.74 Å². The largest absolute Gasteiger partial charge is 0.426 e. The minimum atomic E-state index is -4.49. The predicted octanol–water partition coefficient (Wildman–Crippen LogP) is 7.19. The van der Waals surface area contributed by atoms with E-state index in [0.717, 1.165) is 23.9 Å². The highest BCUT2D eigenvalue weighted by atomic mass is 32.2. The van der Waals surface area contributed by atoms with Crippen molar-refractivity contribution in [2.45, 2.75) is 30.3 Å². The molecule has 0 amide bonds. The number of Topliss-reactive ketones (excluding diaryl/α,β-unsaturated/α-hetero) is 1. The van der Waals surface area contributed by atoms with E-state index in [1.165, 1.54) is 36.4 Å². The molecule has 1 aliphatic carbocycles. The van der Waals surface area contributed by atoms with E-state index in [9.17, 15) is 32.9 Å². The summed E-state index contributed by atoms with van der Waals surface area (Å²) in [4.78, 5) is 37.0. The first-order valence-electron chi connectivity index (χ1n) is 10.8. The summed E-state index contributed by atoms with van der Waals surface area (Å²) in [7, 11) is 0. The highest BCUT2D eigenvalue weighted by Crippen LogP contribution is 2.40. The molecule has 0 aliphatic heterocycles. The number of para-hydroxylation sites is 1. The fraction of sp³-hybridized carbons (Fsp3) is 0.154. The number of carbonyl (C=O) groups excluding carboxylic acids is 2. The normalized spacial score (nSPS) is 14.0. The lowest BCUT2D eigenvalue weighted by molar-refractivity contribution is -0.387. The first-order chi connectivity index (χ1) is 17.1. The third-order valence-electron chi connectivity index (χ3n) is 5.47. The molecule has 0 radical (unpaired) electrons. The quantitative estimate of drug-likeness (QED) is 0.197. The minimum absolute atomic E-state index is 0.109. The number of thioether (sulfide) groups is 1. The Morgan fingerprint density at radius 1 is 0.944 bits per heavy atom. The number of ketones is 1. The van der Waals surface area contributed by atoms with Crippen LogP contribution in [0.2, 0.25) is 0 Å². The van der Waals surface area contributed by atoms with Crippen LogP contribution in [-0.2, 0) is 15.7 Å². The van der Waals surface area contributed by atoms with Gasteiger partial charge in [-0.25, -0.2) is 4.79 Å². The van der Waals surface area contributed by atoms with Gasteiger partial charge in [0.2, 0.25) is 0 Å². The lowest BCUT2D eigenvalue weighted by Crippen LogP contribution is -2.15. The van der Waals surface area contributed by atoms with Crippen molar-refractivity contribution in [3.8, 4) is 11.1 Å². The second-order valence-corrected chi connectivity index (χ2v) is 8.92. The molecule has 0 heterocycles. The lowest BCUT2D eigenvalue weighted by atomic mass is 9.98. The van der Waals surface area contributed by atoms with Crippen LogP contribution in [0.25, 0.3) is 11.1 Å². The van der Waals surface area contributed by atoms with Gasteiger partial charge in [-0.3, -0.25) is 14.9 Å². The molecule has 0 saturated carbocycles. The summed E-state index contributed by atoms with van der Waals surface area (Å²) in [5.41, 5.74) is -0.121. The zero-order valence-corrected chi connectivity index (χ0v) is 19.4. The van der Waals surface area contributed by atoms with Crippen LogP contribution in [0.1, 0.15) is 35.2 Å². The van der Waals surface area contributed by atoms with Gasteiger partial charge >= 0.3 is 12.1 Å². The maximum absolute atomic E-state index is 13.1. The Labute approximate surface area is 207 Å². The molecule has 36 heavy (non-hydrogen) atoms. The molecular formula is C26H18F3NO5S. The summed E-state index contributed by atoms with van der Waals surface area (Å²) >= 11 is 0.882. The Kier molecular flexibility index (Phi) is 7.25. The zero-order chi connectivity index (χ0) is 25.9. The molecule has 0 bridgehead atoms. The van der Waals surface area contributed by atoms with Crippen molar-refractivity contribution in [1.82, 2.24) is 0 Å². The molecule has 6 nitrogen and oxygen atoms in total. The smallest absolute Gasteiger partial charge is 0.416 e. The molecule has 0 N–H and O–H groups in total. The van der Waals surface area contributed by atoms with Gasteiger partial charge in [-0.2, -0.15) is 13.2 Å². The summed E-state index contributed by atoms with van der Waals surface area (Å²) in [6.45, 7) is 0. The van der Waals surface area contributed by atoms with E-state index in [1.54, 1.807) is 24.3 Å². The van der Waals surface area contributed by atoms with E-state index in [4.69, 9.17) is 4.74 Å². The number of esters is 1. The van der Waals surface area contributed by atoms with Gasteiger partial charge in [-0.05, 0) is 41.8 Å². The molecule has 0 aromatic heterocycles. The summed E-state index contributed by atoms with van der Waals surface area (Å²) in [5.74, 6) is -0.958. The number of carbonyl (C=O) groups is 2. The first-order valence-corrected chi connectivity index (χ1v) is 11.6. The second-order valence-electron chi connectivity index (χ2n) is 7.87. The van der Waals surface area contributed by atoms with Crippen LogP contribution in [0.15, 0.2) is 88.4 Å². The van der Waals surface area contributed by atoms with Crippen molar-refractivity contribution >= 4 is 29.2 Å². The molecule has 4 rings (SSSR count). The van der Waals surface area contributed by atoms with Gasteiger partial charge in [-0.1, -0.05) is 54.2 Å². The van der Waals surface area contributed by atoms with Crippen LogP contribution in [-0.4, -0.2) is 16.7 Å². The summed E-state index contributed by atoms with van der Waals surface area (Å²) in [6.07, 6.45) is -3.54. The van der Waals surface area contributed by atoms with Crippen LogP contribution < -0.4 is 0 Å². The van der Waals surface area contributed by atoms with Crippen LogP contribution in [0.4, 0.5) is 18.9 Å². The monoisotopic (exact) mass is 513 g/mol. The summed E-state index contributed by atoms with van der Waals surface area (Å²) in [6, 6.07) is 16.7. The molecule has 0 saturated heterocycles. The van der Waals surface area contributed by atoms with Crippen molar-refractivity contribution in [3.05, 3.63) is 105 Å². The SMILES string of the molecule is O=C1CCCC(OC(=O)c2ccccc2-c2ccc(C(F)(F)F)cc2)=C1Sc1ccccc1[N+](=O)[O-]. The lowest BCUT2D eigenvalue weighted by Gasteiger charge is -2.19. The minimum Gasteiger partial charge on any atom is -0.426 e. The molecule has 184 valence electrons. The van der Waals surface area contributed by atoms with E-state index < -0.39 is 22.6 Å². The Bertz CT molecular complexity index is 1370. The third-order valence-corrected chi connectivity index (χ3v) is 6.70. The van der Waals surface area contributed by atoms with Gasteiger partial charge in [0, 0.05) is 18.9 Å². The first kappa shape index (κ1) is 25.2. The molecule has 10 heteroatoms. The number of nitro benzene ring substituents is 1. The number of alkyl halides is 3. The van der Waals surface area contributed by atoms with Crippen LogP contribution in [0.5, 0.6) is 0 Å². The number of hydrogen-bond acceptors (Lipinski definition) is 6. The number of halogens is 3. The number of allylic oxidation sites excluding steroid dienone is 2. The van der Waals surface area contributed by atoms with Gasteiger partial charge in [0.15, 0.2) is 5.78 Å². The molecule has 1 aliphatic rings. The van der Waals surface area contributed by atoms with Crippen molar-refractivity contribution < 1.29 is 32.4 Å². The Balaban J connectivity index is 1.66. The van der Waals surface area contributed by atoms with Crippen LogP contribution >= 0.6 is 11.8 Å². The maximum atomic E-state index is 13.1. The molecule has 0 spiro atoms. The van der Waals surface area contributed by atoms with Crippen LogP contribution in [0, 0.1) is 10.1 Å². The van der Waals surface area contributed by atoms with E-state index in [1.807, 2.05) is 0 Å². The van der Waals surface area contributed by atoms with Crippen molar-refractivity contribution in [3.63, 3.8) is 0 Å². The number of hydrogen-bond donors (Lipinski definition) is 0. The van der Waals surface area contributed by atoms with Gasteiger partial charge in [0.25, 0.3) is 5.69 Å². The fourth-order valence-electron chi connectivity index (χ4n) is 3.73. The predicted molar refractivity (Wildman–Crippen MR) is 127 cm³/mol. The summed E-state index contributed by atoms with van der Waals surface area (Å²) in [5, 5.41) is 11.4. The van der Waals surface area contributed by atoms with Gasteiger partial charge in [-0.15, -0.1) is 0 Å². The highest BCUT2D eigenvalue weighted by Gasteiger charge is 2.31. The molecule has 3 aromatic rings. The van der Waals surface area contributed by atoms with Crippen molar-refractivity contribution in [2.75, 3.05) is 0 Å². The Hall–Kier alpha value is -3.92. The van der Waals surface area contributed by atoms with Crippen molar-refractivity contribution in [1.29, 1.82) is 0 Å². The maximum Gasteiger partial charge on any atom is 0.416 e. The zero-order valence-electron chi connectivity index (χ0n) is 18.6. The van der Waals surface area contributed by atoms with E-state index in [2.05, 4.69) is 0 Å². The number of rotatable bonds is 6. The average molecular weight is 513 g/mol. The number of ether oxygens (including phenoxy) is 1. The molecule has 0 atom stereocenters. The summed E-state index contributed by atoms with van der Waals surface area (Å²) < 4.78 is 44.4. The number of nitro groups is 1. The topological polar surface area (TPSA) is 86.5 Å². The molecule has 0 fully saturated rings. The van der Waals surface area contributed by atoms with Crippen LogP contribution in [0.3, 0.4) is 0 Å². The van der Waals surface area contributed by atoms with E-state index in [-0.39, 0.29) is 45.4 Å². The standard InChI is InChI=1S/C26H18F3NO5S/c27-26(28,29)17-14-12-16(13-15-17)18-6-1-2-7-19(18)25(32)35-22-10-5-9-21(31)24(22)36-23-11-4-3-8-20(23)30(33)34/h1-4,6-8,11-15H,5,9-10H2. The Morgan fingerprint density at radius 3 is 2.31 bits per heavy atom. The van der Waals surface area contributed by atoms with Gasteiger partial charge in [0.05, 0.1) is 25.9 Å². The highest BCUT2D eigenvalue weighted by molar-refractivity contribution is 8.04. The molecule has 3 aromatic carbocycles. The van der Waals surface area contributed by atoms with Crippen molar-refractivity contribution in [2.24, 2.45) is 0 Å². The van der Waals surface area contributed by atoms with E-state index >= 15 is 0 Å². The second kappa shape index (κ2) is 10.4. The number of benzene rings is 3. The third kappa shape index (κ3) is 5.49. The Morgan fingerprint density at radius 2 is 1.61 bits per heavy atom. The van der Waals surface area contributed by atoms with E-state index in [0.29, 0.717) is 17.5 Å². The molecular weight excluding hydrogens is 495 g/mol. The number of nitrogens with zero attached hydrogens (tertiary/aromatic N) is 1. The fourth-order valence-corrected chi connectivity index (χ4v) is 4.81.